The summed E-state index contributed by atoms with van der Waals surface area (Å²) in [6, 6.07) is 25.5. The van der Waals surface area contributed by atoms with E-state index >= 15 is 0 Å². The number of nitrogens with one attached hydrogen (secondary N) is 1. The number of hydrogen-bond acceptors (Lipinski definition) is 4. The maximum atomic E-state index is 12.6. The highest BCUT2D eigenvalue weighted by atomic mass is 32.2. The predicted octanol–water partition coefficient (Wildman–Crippen LogP) is 4.83. The summed E-state index contributed by atoms with van der Waals surface area (Å²) in [4.78, 5) is 27.0. The Bertz CT molecular complexity index is 1090. The average molecular weight is 461 g/mol. The van der Waals surface area contributed by atoms with Gasteiger partial charge >= 0.3 is 0 Å². The summed E-state index contributed by atoms with van der Waals surface area (Å²) in [7, 11) is 0. The van der Waals surface area contributed by atoms with Gasteiger partial charge in [-0.05, 0) is 54.3 Å². The Morgan fingerprint density at radius 1 is 1.03 bits per heavy atom. The molecule has 5 nitrogen and oxygen atoms in total. The van der Waals surface area contributed by atoms with Gasteiger partial charge in [0.2, 0.25) is 5.91 Å². The first-order valence-corrected chi connectivity index (χ1v) is 12.2. The Hall–Kier alpha value is -3.25. The van der Waals surface area contributed by atoms with Crippen LogP contribution >= 0.6 is 11.8 Å². The summed E-state index contributed by atoms with van der Waals surface area (Å²) in [5, 5.41) is 2.95. The van der Waals surface area contributed by atoms with E-state index in [1.807, 2.05) is 78.6 Å². The van der Waals surface area contributed by atoms with Gasteiger partial charge in [0.05, 0.1) is 12.4 Å². The second-order valence-corrected chi connectivity index (χ2v) is 8.94. The smallest absolute Gasteiger partial charge is 0.251 e. The maximum Gasteiger partial charge on any atom is 0.251 e. The lowest BCUT2D eigenvalue weighted by molar-refractivity contribution is -0.128. The normalized spacial score (nSPS) is 15.5. The van der Waals surface area contributed by atoms with Crippen LogP contribution in [-0.2, 0) is 17.8 Å². The minimum Gasteiger partial charge on any atom is -0.494 e. The molecule has 0 bridgehead atoms. The first-order chi connectivity index (χ1) is 16.1. The van der Waals surface area contributed by atoms with Crippen LogP contribution in [0.2, 0.25) is 0 Å². The van der Waals surface area contributed by atoms with Crippen molar-refractivity contribution in [3.8, 4) is 5.75 Å². The van der Waals surface area contributed by atoms with E-state index in [9.17, 15) is 9.59 Å². The molecule has 1 atom stereocenters. The molecule has 0 aliphatic carbocycles. The molecule has 1 fully saturated rings. The zero-order valence-corrected chi connectivity index (χ0v) is 19.5. The summed E-state index contributed by atoms with van der Waals surface area (Å²) in [5.74, 6) is 1.33. The van der Waals surface area contributed by atoms with Gasteiger partial charge in [0.15, 0.2) is 0 Å². The highest BCUT2D eigenvalue weighted by Gasteiger charge is 2.32. The number of carbonyl (C=O) groups is 2. The third kappa shape index (κ3) is 5.96. The quantitative estimate of drug-likeness (QED) is 0.497. The summed E-state index contributed by atoms with van der Waals surface area (Å²) in [6.07, 6.45) is 0.828. The lowest BCUT2D eigenvalue weighted by Crippen LogP contribution is -2.30. The van der Waals surface area contributed by atoms with Crippen LogP contribution in [0.4, 0.5) is 0 Å². The molecule has 1 N–H and O–H groups in total. The van der Waals surface area contributed by atoms with E-state index in [0.29, 0.717) is 31.0 Å². The van der Waals surface area contributed by atoms with Crippen molar-refractivity contribution in [1.29, 1.82) is 0 Å². The monoisotopic (exact) mass is 460 g/mol. The van der Waals surface area contributed by atoms with Crippen LogP contribution in [0.1, 0.15) is 39.3 Å². The fourth-order valence-electron chi connectivity index (χ4n) is 3.86. The molecule has 170 valence electrons. The Morgan fingerprint density at radius 2 is 1.79 bits per heavy atom. The molecular weight excluding hydrogens is 432 g/mol. The second kappa shape index (κ2) is 11.1. The van der Waals surface area contributed by atoms with Gasteiger partial charge in [-0.3, -0.25) is 9.59 Å². The van der Waals surface area contributed by atoms with E-state index in [1.165, 1.54) is 5.56 Å². The topological polar surface area (TPSA) is 58.6 Å². The van der Waals surface area contributed by atoms with Gasteiger partial charge in [-0.15, -0.1) is 11.8 Å². The van der Waals surface area contributed by atoms with Gasteiger partial charge in [0.1, 0.15) is 11.1 Å². The molecule has 3 aromatic carbocycles. The number of ether oxygens (including phenoxy) is 1. The van der Waals surface area contributed by atoms with Crippen LogP contribution in [0.15, 0.2) is 78.9 Å². The molecule has 0 radical (unpaired) electrons. The Balaban J connectivity index is 1.36. The van der Waals surface area contributed by atoms with Crippen LogP contribution in [0.5, 0.6) is 5.75 Å². The highest BCUT2D eigenvalue weighted by Crippen LogP contribution is 2.38. The molecule has 33 heavy (non-hydrogen) atoms. The van der Waals surface area contributed by atoms with Crippen molar-refractivity contribution >= 4 is 23.6 Å². The summed E-state index contributed by atoms with van der Waals surface area (Å²) in [5.41, 5.74) is 3.85. The molecule has 3 aromatic rings. The molecule has 1 aliphatic rings. The minimum atomic E-state index is -0.126. The number of carbonyl (C=O) groups excluding carboxylic acids is 2. The number of rotatable bonds is 9. The van der Waals surface area contributed by atoms with Crippen molar-refractivity contribution in [3.63, 3.8) is 0 Å². The SMILES string of the molecule is CCOc1cccc(CNC(=O)c2ccc([C@@H]3SCC(=O)N3CCc3ccccc3)cc2)c1. The molecule has 0 saturated carbocycles. The van der Waals surface area contributed by atoms with E-state index < -0.39 is 0 Å². The molecule has 4 rings (SSSR count). The Labute approximate surface area is 199 Å². The van der Waals surface area contributed by atoms with Crippen molar-refractivity contribution in [2.24, 2.45) is 0 Å². The van der Waals surface area contributed by atoms with Crippen molar-refractivity contribution in [2.45, 2.75) is 25.3 Å². The van der Waals surface area contributed by atoms with Crippen LogP contribution in [0.25, 0.3) is 0 Å². The van der Waals surface area contributed by atoms with Gasteiger partial charge in [0, 0.05) is 18.7 Å². The van der Waals surface area contributed by atoms with E-state index in [1.54, 1.807) is 11.8 Å². The number of hydrogen-bond donors (Lipinski definition) is 1. The van der Waals surface area contributed by atoms with Crippen LogP contribution in [0, 0.1) is 0 Å². The molecule has 6 heteroatoms. The highest BCUT2D eigenvalue weighted by molar-refractivity contribution is 8.00. The Morgan fingerprint density at radius 3 is 2.55 bits per heavy atom. The molecule has 1 aliphatic heterocycles. The van der Waals surface area contributed by atoms with Gasteiger partial charge in [-0.2, -0.15) is 0 Å². The molecular formula is C27H28N2O3S. The molecule has 1 saturated heterocycles. The molecule has 0 aromatic heterocycles. The summed E-state index contributed by atoms with van der Waals surface area (Å²) in [6.45, 7) is 3.67. The first-order valence-electron chi connectivity index (χ1n) is 11.2. The van der Waals surface area contributed by atoms with Crippen molar-refractivity contribution in [3.05, 3.63) is 101 Å². The summed E-state index contributed by atoms with van der Waals surface area (Å²) < 4.78 is 5.52. The maximum absolute atomic E-state index is 12.6. The third-order valence-electron chi connectivity index (χ3n) is 5.57. The van der Waals surface area contributed by atoms with E-state index in [4.69, 9.17) is 4.74 Å². The van der Waals surface area contributed by atoms with Crippen LogP contribution < -0.4 is 10.1 Å². The lowest BCUT2D eigenvalue weighted by Gasteiger charge is -2.24. The minimum absolute atomic E-state index is 0.0142. The zero-order chi connectivity index (χ0) is 23.0. The van der Waals surface area contributed by atoms with Crippen LogP contribution in [-0.4, -0.2) is 35.6 Å². The summed E-state index contributed by atoms with van der Waals surface area (Å²) >= 11 is 1.64. The third-order valence-corrected chi connectivity index (χ3v) is 6.83. The largest absolute Gasteiger partial charge is 0.494 e. The Kier molecular flexibility index (Phi) is 7.68. The second-order valence-electron chi connectivity index (χ2n) is 7.87. The fourth-order valence-corrected chi connectivity index (χ4v) is 5.08. The molecule has 0 spiro atoms. The van der Waals surface area contributed by atoms with Crippen molar-refractivity contribution in [1.82, 2.24) is 10.2 Å². The number of thioether (sulfide) groups is 1. The molecule has 2 amide bonds. The van der Waals surface area contributed by atoms with Crippen molar-refractivity contribution < 1.29 is 14.3 Å². The molecule has 0 unspecified atom stereocenters. The van der Waals surface area contributed by atoms with Gasteiger partial charge < -0.3 is 15.0 Å². The first kappa shape index (κ1) is 22.9. The van der Waals surface area contributed by atoms with Crippen LogP contribution in [0.3, 0.4) is 0 Å². The van der Waals surface area contributed by atoms with E-state index in [2.05, 4.69) is 17.4 Å². The van der Waals surface area contributed by atoms with E-state index in [0.717, 1.165) is 23.3 Å². The standard InChI is InChI=1S/C27H28N2O3S/c1-2-32-24-10-6-9-21(17-24)18-28-26(31)22-11-13-23(14-12-22)27-29(25(30)19-33-27)16-15-20-7-4-3-5-8-20/h3-14,17,27H,2,15-16,18-19H2,1H3,(H,28,31)/t27-/m0/s1. The number of benzene rings is 3. The van der Waals surface area contributed by atoms with Gasteiger partial charge in [-0.1, -0.05) is 54.6 Å². The number of amides is 2. The fraction of sp³-hybridized carbons (Fsp3) is 0.259. The van der Waals surface area contributed by atoms with Gasteiger partial charge in [-0.25, -0.2) is 0 Å². The number of nitrogens with zero attached hydrogens (tertiary/aromatic N) is 1. The zero-order valence-electron chi connectivity index (χ0n) is 18.7. The lowest BCUT2D eigenvalue weighted by atomic mass is 10.1. The average Bonchev–Trinajstić information content (AvgIpc) is 3.22. The molecule has 1 heterocycles. The van der Waals surface area contributed by atoms with Crippen molar-refractivity contribution in [2.75, 3.05) is 18.9 Å². The predicted molar refractivity (Wildman–Crippen MR) is 132 cm³/mol. The van der Waals surface area contributed by atoms with E-state index in [-0.39, 0.29) is 17.2 Å². The van der Waals surface area contributed by atoms with Gasteiger partial charge in [0.25, 0.3) is 5.91 Å².